The van der Waals surface area contributed by atoms with Gasteiger partial charge in [-0.15, -0.1) is 0 Å². The van der Waals surface area contributed by atoms with Crippen molar-refractivity contribution in [1.29, 1.82) is 5.26 Å². The molecule has 278 valence electrons. The van der Waals surface area contributed by atoms with Crippen LogP contribution in [0.25, 0.3) is 11.1 Å². The normalized spacial score (nSPS) is 20.2. The van der Waals surface area contributed by atoms with E-state index in [1.165, 1.54) is 11.8 Å². The fourth-order valence-corrected chi connectivity index (χ4v) is 8.23. The van der Waals surface area contributed by atoms with Crippen LogP contribution in [-0.4, -0.2) is 59.5 Å². The highest BCUT2D eigenvalue weighted by atomic mass is 35.5. The van der Waals surface area contributed by atoms with E-state index in [4.69, 9.17) is 37.4 Å². The predicted octanol–water partition coefficient (Wildman–Crippen LogP) is 8.78. The van der Waals surface area contributed by atoms with Crippen molar-refractivity contribution in [2.75, 3.05) is 26.2 Å². The first-order chi connectivity index (χ1) is 25.9. The van der Waals surface area contributed by atoms with Gasteiger partial charge in [0, 0.05) is 67.4 Å². The Bertz CT molecular complexity index is 1930. The maximum atomic E-state index is 13.5. The number of aliphatic hydroxyl groups excluding tert-OH is 1. The van der Waals surface area contributed by atoms with E-state index in [-0.39, 0.29) is 24.9 Å². The van der Waals surface area contributed by atoms with Crippen molar-refractivity contribution in [3.63, 3.8) is 0 Å². The Labute approximate surface area is 320 Å². The van der Waals surface area contributed by atoms with Crippen LogP contribution in [0.2, 0.25) is 10.0 Å². The van der Waals surface area contributed by atoms with Crippen LogP contribution in [0.5, 0.6) is 17.2 Å². The Hall–Kier alpha value is -3.91. The second kappa shape index (κ2) is 17.5. The Morgan fingerprint density at radius 3 is 2.58 bits per heavy atom. The second-order valence-electron chi connectivity index (χ2n) is 14.2. The predicted molar refractivity (Wildman–Crippen MR) is 204 cm³/mol. The van der Waals surface area contributed by atoms with Crippen molar-refractivity contribution in [2.45, 2.75) is 88.9 Å². The molecule has 3 aliphatic rings. The average Bonchev–Trinajstić information content (AvgIpc) is 3.79. The molecule has 8 nitrogen and oxygen atoms in total. The van der Waals surface area contributed by atoms with E-state index in [9.17, 15) is 14.8 Å². The molecule has 3 aromatic carbocycles. The maximum Gasteiger partial charge on any atom is 0.142 e. The zero-order chi connectivity index (χ0) is 36.7. The Balaban J connectivity index is 1.06. The van der Waals surface area contributed by atoms with Crippen molar-refractivity contribution in [2.24, 2.45) is 0 Å². The van der Waals surface area contributed by atoms with Crippen molar-refractivity contribution in [3.05, 3.63) is 105 Å². The van der Waals surface area contributed by atoms with Gasteiger partial charge in [0.25, 0.3) is 0 Å². The summed E-state index contributed by atoms with van der Waals surface area (Å²) in [4.78, 5) is 6.47. The van der Waals surface area contributed by atoms with Gasteiger partial charge in [0.15, 0.2) is 0 Å². The molecule has 1 aliphatic heterocycles. The monoisotopic (exact) mass is 758 g/mol. The van der Waals surface area contributed by atoms with Gasteiger partial charge in [0.2, 0.25) is 0 Å². The number of likely N-dealkylation sites (tertiary alicyclic amines) is 1. The summed E-state index contributed by atoms with van der Waals surface area (Å²) >= 11 is 13.9. The third-order valence-corrected chi connectivity index (χ3v) is 11.3. The van der Waals surface area contributed by atoms with E-state index in [0.29, 0.717) is 58.9 Å². The van der Waals surface area contributed by atoms with Gasteiger partial charge in [-0.1, -0.05) is 53.5 Å². The van der Waals surface area contributed by atoms with Crippen molar-refractivity contribution >= 4 is 23.2 Å². The highest BCUT2D eigenvalue weighted by Gasteiger charge is 2.29. The molecule has 1 aromatic heterocycles. The minimum atomic E-state index is -0.669. The van der Waals surface area contributed by atoms with Crippen LogP contribution in [-0.2, 0) is 19.6 Å². The van der Waals surface area contributed by atoms with Crippen molar-refractivity contribution in [3.8, 4) is 34.4 Å². The van der Waals surface area contributed by atoms with Crippen LogP contribution in [0.15, 0.2) is 67.0 Å². The van der Waals surface area contributed by atoms with E-state index in [1.807, 2.05) is 36.4 Å². The fraction of sp³-hybridized carbons (Fsp3) is 0.429. The molecule has 7 rings (SSSR count). The van der Waals surface area contributed by atoms with Crippen molar-refractivity contribution < 1.29 is 23.7 Å². The highest BCUT2D eigenvalue weighted by Crippen LogP contribution is 2.45. The van der Waals surface area contributed by atoms with Crippen LogP contribution in [0.1, 0.15) is 78.9 Å². The largest absolute Gasteiger partial charge is 0.492 e. The van der Waals surface area contributed by atoms with Crippen molar-refractivity contribution in [1.82, 2.24) is 15.2 Å². The molecule has 0 spiro atoms. The molecular weight excluding hydrogens is 714 g/mol. The summed E-state index contributed by atoms with van der Waals surface area (Å²) in [7, 11) is 0. The molecule has 0 amide bonds. The number of rotatable bonds is 14. The first kappa shape index (κ1) is 37.4. The van der Waals surface area contributed by atoms with E-state index in [0.717, 1.165) is 86.0 Å². The van der Waals surface area contributed by atoms with Gasteiger partial charge in [-0.25, -0.2) is 4.39 Å². The van der Waals surface area contributed by atoms with E-state index in [1.54, 1.807) is 12.3 Å². The second-order valence-corrected chi connectivity index (χ2v) is 15.0. The number of piperidine rings is 1. The number of ether oxygens (including phenoxy) is 3. The summed E-state index contributed by atoms with van der Waals surface area (Å²) in [5.41, 5.74) is 6.31. The summed E-state index contributed by atoms with van der Waals surface area (Å²) in [6.07, 6.45) is 8.25. The van der Waals surface area contributed by atoms with Crippen LogP contribution >= 0.6 is 23.2 Å². The third-order valence-electron chi connectivity index (χ3n) is 10.6. The molecule has 2 aliphatic carbocycles. The summed E-state index contributed by atoms with van der Waals surface area (Å²) in [6, 6.07) is 19.7. The molecule has 1 saturated heterocycles. The van der Waals surface area contributed by atoms with Crippen LogP contribution in [0, 0.1) is 11.3 Å². The lowest BCUT2D eigenvalue weighted by atomic mass is 9.96. The number of aliphatic hydroxyl groups is 1. The van der Waals surface area contributed by atoms with E-state index >= 15 is 0 Å². The molecule has 53 heavy (non-hydrogen) atoms. The van der Waals surface area contributed by atoms with Gasteiger partial charge in [-0.3, -0.25) is 4.98 Å². The lowest BCUT2D eigenvalue weighted by Crippen LogP contribution is -2.35. The first-order valence-electron chi connectivity index (χ1n) is 18.6. The topological polar surface area (TPSA) is 99.9 Å². The van der Waals surface area contributed by atoms with E-state index < -0.39 is 6.17 Å². The quantitative estimate of drug-likeness (QED) is 0.123. The molecule has 0 radical (unpaired) electrons. The Morgan fingerprint density at radius 2 is 1.77 bits per heavy atom. The number of halogens is 3. The molecule has 2 heterocycles. The zero-order valence-electron chi connectivity index (χ0n) is 29.7. The molecule has 3 atom stereocenters. The smallest absolute Gasteiger partial charge is 0.142 e. The lowest BCUT2D eigenvalue weighted by molar-refractivity contribution is 0.143. The first-order valence-corrected chi connectivity index (χ1v) is 19.4. The van der Waals surface area contributed by atoms with Crippen LogP contribution in [0.3, 0.4) is 0 Å². The maximum absolute atomic E-state index is 13.5. The molecular formula is C42H45Cl2FN4O4. The van der Waals surface area contributed by atoms with Gasteiger partial charge in [-0.05, 0) is 86.3 Å². The molecule has 1 saturated carbocycles. The minimum absolute atomic E-state index is 0.0105. The number of nitrogens with one attached hydrogen (secondary N) is 1. The number of benzene rings is 3. The zero-order valence-corrected chi connectivity index (χ0v) is 31.2. The molecule has 0 bridgehead atoms. The SMILES string of the molecule is N#Cc1cncc(COc2cc(O[C@H]3CCc4c(-c5cccc(OCCCN6CCC(F)CC6)c5Cl)cccc43)c(Cl)cc2CN[C@@H]2CCC[C@H]2O)c1. The molecule has 2 fully saturated rings. The number of pyridine rings is 1. The molecule has 4 aromatic rings. The number of aromatic nitrogens is 1. The summed E-state index contributed by atoms with van der Waals surface area (Å²) in [5, 5.41) is 24.3. The van der Waals surface area contributed by atoms with Crippen LogP contribution < -0.4 is 19.5 Å². The van der Waals surface area contributed by atoms with Gasteiger partial charge in [-0.2, -0.15) is 5.26 Å². The Kier molecular flexibility index (Phi) is 12.3. The summed E-state index contributed by atoms with van der Waals surface area (Å²) in [6.45, 7) is 3.69. The number of hydrogen-bond acceptors (Lipinski definition) is 8. The summed E-state index contributed by atoms with van der Waals surface area (Å²) < 4.78 is 32.7. The molecule has 0 unspecified atom stereocenters. The highest BCUT2D eigenvalue weighted by molar-refractivity contribution is 6.35. The Morgan fingerprint density at radius 1 is 0.943 bits per heavy atom. The number of nitrogens with zero attached hydrogens (tertiary/aromatic N) is 3. The number of hydrogen-bond donors (Lipinski definition) is 2. The molecule has 2 N–H and O–H groups in total. The standard InChI is InChI=1S/C42H45Cl2FN4O4/c43-35-20-29(25-48-36-8-3-9-37(36)50)40(52-26-28-19-27(22-46)23-47-24-28)21-41(35)53-38-12-11-32-31(5-1-6-33(32)38)34-7-2-10-39(42(34)44)51-18-4-15-49-16-13-30(45)14-17-49/h1-2,5-7,10,19-21,23-24,30,36-38,48,50H,3-4,8-9,11-18,25-26H2/t36-,37-,38+/m1/s1. The number of fused-ring (bicyclic) bond motifs is 1. The number of alkyl halides is 1. The lowest BCUT2D eigenvalue weighted by Gasteiger charge is -2.28. The minimum Gasteiger partial charge on any atom is -0.492 e. The van der Waals surface area contributed by atoms with Crippen LogP contribution in [0.4, 0.5) is 4.39 Å². The van der Waals surface area contributed by atoms with E-state index in [2.05, 4.69) is 33.4 Å². The average molecular weight is 760 g/mol. The van der Waals surface area contributed by atoms with Gasteiger partial charge < -0.3 is 29.5 Å². The fourth-order valence-electron chi connectivity index (χ4n) is 7.72. The van der Waals surface area contributed by atoms with Gasteiger partial charge in [0.05, 0.1) is 28.3 Å². The summed E-state index contributed by atoms with van der Waals surface area (Å²) in [5.74, 6) is 1.77. The van der Waals surface area contributed by atoms with Gasteiger partial charge >= 0.3 is 0 Å². The third kappa shape index (κ3) is 9.08. The van der Waals surface area contributed by atoms with Gasteiger partial charge in [0.1, 0.15) is 42.2 Å². The number of nitriles is 1. The molecule has 11 heteroatoms.